The molecule has 1 saturated heterocycles. The van der Waals surface area contributed by atoms with Crippen molar-refractivity contribution in [3.63, 3.8) is 0 Å². The van der Waals surface area contributed by atoms with Gasteiger partial charge in [0.25, 0.3) is 0 Å². The molecular weight excluding hydrogens is 482 g/mol. The van der Waals surface area contributed by atoms with Crippen LogP contribution in [-0.2, 0) is 36.0 Å². The van der Waals surface area contributed by atoms with E-state index in [-0.39, 0.29) is 17.7 Å². The molecule has 6 rings (SSSR count). The quantitative estimate of drug-likeness (QED) is 0.517. The van der Waals surface area contributed by atoms with E-state index in [1.54, 1.807) is 37.1 Å². The molecule has 0 radical (unpaired) electrons. The number of alkyl halides is 2. The van der Waals surface area contributed by atoms with Crippen molar-refractivity contribution in [1.29, 1.82) is 0 Å². The normalized spacial score (nSPS) is 19.3. The second kappa shape index (κ2) is 9.44. The summed E-state index contributed by atoms with van der Waals surface area (Å²) < 4.78 is 41.3. The van der Waals surface area contributed by atoms with Crippen LogP contribution in [0, 0.1) is 0 Å². The lowest BCUT2D eigenvalue weighted by molar-refractivity contribution is -0.129. The molecule has 37 heavy (non-hydrogen) atoms. The van der Waals surface area contributed by atoms with Crippen LogP contribution >= 0.6 is 0 Å². The number of nitrogens with zero attached hydrogens (tertiary/aromatic N) is 6. The molecule has 11 heteroatoms. The molecule has 0 spiro atoms. The number of anilines is 2. The van der Waals surface area contributed by atoms with E-state index >= 15 is 0 Å². The molecule has 3 aromatic rings. The van der Waals surface area contributed by atoms with Gasteiger partial charge in [-0.15, -0.1) is 0 Å². The molecule has 0 N–H and O–H groups in total. The minimum atomic E-state index is -2.95. The first-order chi connectivity index (χ1) is 17.9. The molecule has 1 amide bonds. The van der Waals surface area contributed by atoms with Gasteiger partial charge < -0.3 is 19.3 Å². The van der Waals surface area contributed by atoms with Gasteiger partial charge in [-0.05, 0) is 30.9 Å². The zero-order valence-electron chi connectivity index (χ0n) is 21.0. The van der Waals surface area contributed by atoms with Gasteiger partial charge in [-0.3, -0.25) is 14.2 Å². The monoisotopic (exact) mass is 512 g/mol. The summed E-state index contributed by atoms with van der Waals surface area (Å²) in [7, 11) is 1.79. The first kappa shape index (κ1) is 23.9. The van der Waals surface area contributed by atoms with E-state index in [0.717, 1.165) is 59.6 Å². The number of carbonyl (C=O) groups excluding carboxylic acids is 1. The van der Waals surface area contributed by atoms with Crippen molar-refractivity contribution < 1.29 is 23.0 Å². The molecule has 0 bridgehead atoms. The summed E-state index contributed by atoms with van der Waals surface area (Å²) in [5.74, 6) is 0.920. The minimum absolute atomic E-state index is 0.0290. The number of amides is 1. The number of aryl methyl sites for hydroxylation is 2. The summed E-state index contributed by atoms with van der Waals surface area (Å²) in [5, 5.41) is 9.29. The predicted octanol–water partition coefficient (Wildman–Crippen LogP) is 3.84. The number of benzene rings is 1. The number of hydrogen-bond donors (Lipinski definition) is 0. The summed E-state index contributed by atoms with van der Waals surface area (Å²) in [6.45, 7) is 1.77. The maximum atomic E-state index is 13.5. The molecule has 5 heterocycles. The Balaban J connectivity index is 1.47. The second-order valence-electron chi connectivity index (χ2n) is 9.91. The molecule has 1 fully saturated rings. The maximum Gasteiger partial charge on any atom is 0.387 e. The highest BCUT2D eigenvalue weighted by Gasteiger charge is 2.34. The van der Waals surface area contributed by atoms with E-state index in [9.17, 15) is 13.6 Å². The van der Waals surface area contributed by atoms with Crippen LogP contribution in [0.2, 0.25) is 0 Å². The standard InChI is InChI=1S/C26H30F2N6O3/c1-16(35)32-8-5-22-21(14-32)25(30-34(22)19-6-9-36-15-19)33-7-3-4-17-10-20(18-12-29-31(2)13-18)24(11-23(17)33)37-26(27)28/h10-13,19,26H,3-9,14-15H2,1-2H3/t19-/m0/s1. The summed E-state index contributed by atoms with van der Waals surface area (Å²) in [6.07, 6.45) is 6.75. The average molecular weight is 513 g/mol. The summed E-state index contributed by atoms with van der Waals surface area (Å²) in [6, 6.07) is 3.80. The van der Waals surface area contributed by atoms with Gasteiger partial charge in [-0.2, -0.15) is 19.0 Å². The summed E-state index contributed by atoms with van der Waals surface area (Å²) in [5.41, 5.74) is 5.31. The molecule has 2 aromatic heterocycles. The van der Waals surface area contributed by atoms with Gasteiger partial charge in [-0.1, -0.05) is 0 Å². The van der Waals surface area contributed by atoms with Gasteiger partial charge in [0.05, 0.1) is 25.4 Å². The zero-order valence-corrected chi connectivity index (χ0v) is 21.0. The van der Waals surface area contributed by atoms with Crippen LogP contribution < -0.4 is 9.64 Å². The van der Waals surface area contributed by atoms with E-state index in [4.69, 9.17) is 14.6 Å². The molecule has 1 atom stereocenters. The first-order valence-electron chi connectivity index (χ1n) is 12.7. The Hall–Kier alpha value is -3.47. The van der Waals surface area contributed by atoms with Gasteiger partial charge in [0.15, 0.2) is 5.82 Å². The van der Waals surface area contributed by atoms with Gasteiger partial charge in [0.2, 0.25) is 5.91 Å². The fourth-order valence-electron chi connectivity index (χ4n) is 5.74. The zero-order chi connectivity index (χ0) is 25.7. The van der Waals surface area contributed by atoms with Crippen molar-refractivity contribution in [3.05, 3.63) is 41.3 Å². The van der Waals surface area contributed by atoms with Crippen molar-refractivity contribution >= 4 is 17.4 Å². The Morgan fingerprint density at radius 3 is 2.81 bits per heavy atom. The SMILES string of the molecule is CC(=O)N1CCc2c(c(N3CCCc4cc(-c5cnn(C)c5)c(OC(F)F)cc43)nn2[C@H]2CCOC2)C1. The Bertz CT molecular complexity index is 1330. The van der Waals surface area contributed by atoms with E-state index in [1.165, 1.54) is 0 Å². The molecule has 3 aliphatic rings. The number of carbonyl (C=O) groups is 1. The third kappa shape index (κ3) is 4.35. The van der Waals surface area contributed by atoms with Crippen LogP contribution in [0.25, 0.3) is 11.1 Å². The van der Waals surface area contributed by atoms with Crippen molar-refractivity contribution in [2.45, 2.75) is 51.8 Å². The topological polar surface area (TPSA) is 77.7 Å². The lowest BCUT2D eigenvalue weighted by Gasteiger charge is -2.33. The maximum absolute atomic E-state index is 13.5. The molecule has 3 aliphatic heterocycles. The Kier molecular flexibility index (Phi) is 6.10. The van der Waals surface area contributed by atoms with Gasteiger partial charge in [0, 0.05) is 80.4 Å². The highest BCUT2D eigenvalue weighted by Crippen LogP contribution is 2.44. The minimum Gasteiger partial charge on any atom is -0.434 e. The third-order valence-corrected chi connectivity index (χ3v) is 7.55. The largest absolute Gasteiger partial charge is 0.434 e. The number of hydrogen-bond acceptors (Lipinski definition) is 6. The van der Waals surface area contributed by atoms with Gasteiger partial charge in [-0.25, -0.2) is 0 Å². The van der Waals surface area contributed by atoms with Crippen molar-refractivity contribution in [1.82, 2.24) is 24.5 Å². The van der Waals surface area contributed by atoms with Crippen molar-refractivity contribution in [3.8, 4) is 16.9 Å². The van der Waals surface area contributed by atoms with E-state index < -0.39 is 6.61 Å². The van der Waals surface area contributed by atoms with Crippen LogP contribution in [0.5, 0.6) is 5.75 Å². The van der Waals surface area contributed by atoms with E-state index in [0.29, 0.717) is 38.4 Å². The third-order valence-electron chi connectivity index (χ3n) is 7.55. The molecule has 9 nitrogen and oxygen atoms in total. The van der Waals surface area contributed by atoms with Crippen LogP contribution in [0.1, 0.15) is 42.6 Å². The fraction of sp³-hybridized carbons (Fsp3) is 0.500. The lowest BCUT2D eigenvalue weighted by Crippen LogP contribution is -2.35. The highest BCUT2D eigenvalue weighted by molar-refractivity contribution is 5.79. The Morgan fingerprint density at radius 1 is 1.24 bits per heavy atom. The highest BCUT2D eigenvalue weighted by atomic mass is 19.3. The molecule has 1 aromatic carbocycles. The van der Waals surface area contributed by atoms with Crippen LogP contribution in [0.3, 0.4) is 0 Å². The summed E-state index contributed by atoms with van der Waals surface area (Å²) >= 11 is 0. The number of aromatic nitrogens is 4. The molecule has 0 aliphatic carbocycles. The number of fused-ring (bicyclic) bond motifs is 2. The Labute approximate surface area is 213 Å². The number of halogens is 2. The van der Waals surface area contributed by atoms with Gasteiger partial charge in [0.1, 0.15) is 5.75 Å². The number of rotatable bonds is 5. The van der Waals surface area contributed by atoms with Crippen molar-refractivity contribution in [2.24, 2.45) is 7.05 Å². The first-order valence-corrected chi connectivity index (χ1v) is 12.7. The van der Waals surface area contributed by atoms with E-state index in [1.807, 2.05) is 11.0 Å². The smallest absolute Gasteiger partial charge is 0.387 e. The van der Waals surface area contributed by atoms with E-state index in [2.05, 4.69) is 14.7 Å². The van der Waals surface area contributed by atoms with Crippen molar-refractivity contribution in [2.75, 3.05) is 31.2 Å². The molecule has 196 valence electrons. The summed E-state index contributed by atoms with van der Waals surface area (Å²) in [4.78, 5) is 16.2. The molecule has 0 saturated carbocycles. The number of ether oxygens (including phenoxy) is 2. The molecular formula is C26H30F2N6O3. The molecule has 0 unspecified atom stereocenters. The average Bonchev–Trinajstić information content (AvgIpc) is 3.62. The van der Waals surface area contributed by atoms with Crippen LogP contribution in [-0.4, -0.2) is 63.3 Å². The Morgan fingerprint density at radius 2 is 2.11 bits per heavy atom. The predicted molar refractivity (Wildman–Crippen MR) is 132 cm³/mol. The lowest BCUT2D eigenvalue weighted by atomic mass is 9.95. The second-order valence-corrected chi connectivity index (χ2v) is 9.91. The fourth-order valence-corrected chi connectivity index (χ4v) is 5.74. The van der Waals surface area contributed by atoms with Gasteiger partial charge >= 0.3 is 6.61 Å². The van der Waals surface area contributed by atoms with Crippen LogP contribution in [0.15, 0.2) is 24.5 Å². The van der Waals surface area contributed by atoms with Crippen LogP contribution in [0.4, 0.5) is 20.3 Å².